The van der Waals surface area contributed by atoms with Crippen LogP contribution >= 0.6 is 0 Å². The smallest absolute Gasteiger partial charge is 0.320 e. The fourth-order valence-corrected chi connectivity index (χ4v) is 1.88. The summed E-state index contributed by atoms with van der Waals surface area (Å²) in [6, 6.07) is 5.99. The maximum atomic E-state index is 13.5. The molecule has 0 atom stereocenters. The molecule has 0 fully saturated rings. The summed E-state index contributed by atoms with van der Waals surface area (Å²) in [7, 11) is 0. The van der Waals surface area contributed by atoms with Crippen molar-refractivity contribution in [3.8, 4) is 0 Å². The molecule has 110 valence electrons. The number of halogens is 1. The van der Waals surface area contributed by atoms with Gasteiger partial charge in [-0.1, -0.05) is 18.2 Å². The number of hydrogen-bond acceptors (Lipinski definition) is 4. The monoisotopic (exact) mass is 292 g/mol. The quantitative estimate of drug-likeness (QED) is 0.673. The van der Waals surface area contributed by atoms with Gasteiger partial charge in [0.2, 0.25) is 5.69 Å². The number of nitrogens with zero attached hydrogens (tertiary/aromatic N) is 3. The Morgan fingerprint density at radius 1 is 1.48 bits per heavy atom. The molecule has 1 heterocycles. The van der Waals surface area contributed by atoms with Crippen LogP contribution in [0.2, 0.25) is 0 Å². The van der Waals surface area contributed by atoms with Crippen molar-refractivity contribution < 1.29 is 14.1 Å². The van der Waals surface area contributed by atoms with Crippen LogP contribution in [-0.2, 0) is 13.1 Å². The average Bonchev–Trinajstić information content (AvgIpc) is 2.90. The van der Waals surface area contributed by atoms with E-state index < -0.39 is 16.6 Å². The molecule has 1 N–H and O–H groups in total. The van der Waals surface area contributed by atoms with Crippen LogP contribution in [0.4, 0.5) is 10.1 Å². The van der Waals surface area contributed by atoms with Crippen molar-refractivity contribution in [2.45, 2.75) is 20.0 Å². The average molecular weight is 292 g/mol. The Bertz CT molecular complexity index is 684. The number of nitro groups is 1. The molecule has 2 rings (SSSR count). The number of amides is 1. The summed E-state index contributed by atoms with van der Waals surface area (Å²) in [6.07, 6.45) is 1.03. The first-order chi connectivity index (χ1) is 10.0. The highest BCUT2D eigenvalue weighted by atomic mass is 19.1. The summed E-state index contributed by atoms with van der Waals surface area (Å²) in [5.74, 6) is -1.11. The molecular weight excluding hydrogens is 279 g/mol. The number of nitrogens with one attached hydrogen (secondary N) is 1. The predicted octanol–water partition coefficient (Wildman–Crippen LogP) is 1.88. The van der Waals surface area contributed by atoms with Gasteiger partial charge in [-0.3, -0.25) is 19.6 Å². The maximum Gasteiger partial charge on any atom is 0.320 e. The third kappa shape index (κ3) is 3.04. The minimum absolute atomic E-state index is 0.0580. The van der Waals surface area contributed by atoms with E-state index >= 15 is 0 Å². The summed E-state index contributed by atoms with van der Waals surface area (Å²) in [4.78, 5) is 22.3. The van der Waals surface area contributed by atoms with Crippen LogP contribution in [0.3, 0.4) is 0 Å². The Labute approximate surface area is 119 Å². The van der Waals surface area contributed by atoms with Crippen LogP contribution in [0.1, 0.15) is 23.0 Å². The van der Waals surface area contributed by atoms with Crippen molar-refractivity contribution >= 4 is 11.6 Å². The zero-order chi connectivity index (χ0) is 15.4. The Kier molecular flexibility index (Phi) is 4.27. The number of aryl methyl sites for hydroxylation is 1. The topological polar surface area (TPSA) is 90.1 Å². The van der Waals surface area contributed by atoms with Gasteiger partial charge in [-0.25, -0.2) is 4.39 Å². The SMILES string of the molecule is CCn1ncc([N+](=O)[O-])c1C(=O)NCc1ccccc1F. The van der Waals surface area contributed by atoms with Crippen LogP contribution in [0, 0.1) is 15.9 Å². The minimum Gasteiger partial charge on any atom is -0.346 e. The minimum atomic E-state index is -0.669. The second kappa shape index (κ2) is 6.12. The normalized spacial score (nSPS) is 10.4. The van der Waals surface area contributed by atoms with Gasteiger partial charge in [0.05, 0.1) is 4.92 Å². The molecule has 0 saturated carbocycles. The largest absolute Gasteiger partial charge is 0.346 e. The van der Waals surface area contributed by atoms with Crippen molar-refractivity contribution in [2.75, 3.05) is 0 Å². The second-order valence-electron chi connectivity index (χ2n) is 4.23. The van der Waals surface area contributed by atoms with E-state index in [1.165, 1.54) is 22.9 Å². The predicted molar refractivity (Wildman–Crippen MR) is 72.1 cm³/mol. The Balaban J connectivity index is 2.19. The number of carbonyl (C=O) groups is 1. The van der Waals surface area contributed by atoms with Crippen molar-refractivity contribution in [2.24, 2.45) is 0 Å². The van der Waals surface area contributed by atoms with Gasteiger partial charge in [-0.2, -0.15) is 5.10 Å². The molecule has 1 aromatic carbocycles. The summed E-state index contributed by atoms with van der Waals surface area (Å²) in [5, 5.41) is 17.2. The van der Waals surface area contributed by atoms with E-state index in [0.29, 0.717) is 12.1 Å². The summed E-state index contributed by atoms with van der Waals surface area (Å²) in [6.45, 7) is 1.97. The van der Waals surface area contributed by atoms with E-state index in [0.717, 1.165) is 6.20 Å². The van der Waals surface area contributed by atoms with Crippen LogP contribution in [0.25, 0.3) is 0 Å². The number of benzene rings is 1. The lowest BCUT2D eigenvalue weighted by atomic mass is 10.2. The van der Waals surface area contributed by atoms with Gasteiger partial charge in [-0.05, 0) is 13.0 Å². The molecule has 0 bridgehead atoms. The molecule has 0 spiro atoms. The molecule has 0 aliphatic rings. The lowest BCUT2D eigenvalue weighted by molar-refractivity contribution is -0.385. The van der Waals surface area contributed by atoms with Gasteiger partial charge in [0.25, 0.3) is 5.91 Å². The Hall–Kier alpha value is -2.77. The fourth-order valence-electron chi connectivity index (χ4n) is 1.88. The fraction of sp³-hybridized carbons (Fsp3) is 0.231. The van der Waals surface area contributed by atoms with Crippen LogP contribution in [0.15, 0.2) is 30.5 Å². The number of rotatable bonds is 5. The van der Waals surface area contributed by atoms with Gasteiger partial charge < -0.3 is 5.32 Å². The zero-order valence-corrected chi connectivity index (χ0v) is 11.2. The molecule has 0 aliphatic heterocycles. The van der Waals surface area contributed by atoms with Gasteiger partial charge in [-0.15, -0.1) is 0 Å². The summed E-state index contributed by atoms with van der Waals surface area (Å²) < 4.78 is 14.7. The van der Waals surface area contributed by atoms with E-state index in [-0.39, 0.29) is 17.9 Å². The van der Waals surface area contributed by atoms with Gasteiger partial charge in [0.1, 0.15) is 12.0 Å². The van der Waals surface area contributed by atoms with E-state index in [1.54, 1.807) is 13.0 Å². The molecule has 21 heavy (non-hydrogen) atoms. The molecule has 7 nitrogen and oxygen atoms in total. The highest BCUT2D eigenvalue weighted by Gasteiger charge is 2.26. The maximum absolute atomic E-state index is 13.5. The van der Waals surface area contributed by atoms with Crippen molar-refractivity contribution in [1.82, 2.24) is 15.1 Å². The highest BCUT2D eigenvalue weighted by Crippen LogP contribution is 2.18. The van der Waals surface area contributed by atoms with Gasteiger partial charge in [0, 0.05) is 18.7 Å². The summed E-state index contributed by atoms with van der Waals surface area (Å²) >= 11 is 0. The number of carbonyl (C=O) groups excluding carboxylic acids is 1. The molecule has 1 amide bonds. The molecule has 0 aliphatic carbocycles. The Morgan fingerprint density at radius 2 is 2.19 bits per heavy atom. The lowest BCUT2D eigenvalue weighted by Gasteiger charge is -2.07. The molecule has 1 aromatic heterocycles. The van der Waals surface area contributed by atoms with E-state index in [1.807, 2.05) is 0 Å². The van der Waals surface area contributed by atoms with Crippen molar-refractivity contribution in [3.05, 3.63) is 57.7 Å². The third-order valence-electron chi connectivity index (χ3n) is 2.93. The molecular formula is C13H13FN4O3. The number of hydrogen-bond donors (Lipinski definition) is 1. The van der Waals surface area contributed by atoms with E-state index in [9.17, 15) is 19.3 Å². The van der Waals surface area contributed by atoms with Crippen molar-refractivity contribution in [3.63, 3.8) is 0 Å². The van der Waals surface area contributed by atoms with Crippen LogP contribution in [0.5, 0.6) is 0 Å². The zero-order valence-electron chi connectivity index (χ0n) is 11.2. The van der Waals surface area contributed by atoms with E-state index in [4.69, 9.17) is 0 Å². The molecule has 0 unspecified atom stereocenters. The standard InChI is InChI=1S/C13H13FN4O3/c1-2-17-12(11(8-16-17)18(20)21)13(19)15-7-9-5-3-4-6-10(9)14/h3-6,8H,2,7H2,1H3,(H,15,19). The summed E-state index contributed by atoms with van der Waals surface area (Å²) in [5.41, 5.74) is -0.210. The third-order valence-corrected chi connectivity index (χ3v) is 2.93. The molecule has 8 heteroatoms. The molecule has 2 aromatic rings. The second-order valence-corrected chi connectivity index (χ2v) is 4.23. The van der Waals surface area contributed by atoms with Gasteiger partial charge in [0.15, 0.2) is 0 Å². The molecule has 0 saturated heterocycles. The Morgan fingerprint density at radius 3 is 2.81 bits per heavy atom. The van der Waals surface area contributed by atoms with Crippen LogP contribution in [-0.4, -0.2) is 20.6 Å². The van der Waals surface area contributed by atoms with Crippen LogP contribution < -0.4 is 5.32 Å². The first-order valence-electron chi connectivity index (χ1n) is 6.26. The highest BCUT2D eigenvalue weighted by molar-refractivity contribution is 5.96. The van der Waals surface area contributed by atoms with E-state index in [2.05, 4.69) is 10.4 Å². The number of aromatic nitrogens is 2. The molecule has 0 radical (unpaired) electrons. The van der Waals surface area contributed by atoms with Crippen molar-refractivity contribution in [1.29, 1.82) is 0 Å². The van der Waals surface area contributed by atoms with Gasteiger partial charge >= 0.3 is 5.69 Å². The first-order valence-corrected chi connectivity index (χ1v) is 6.26. The first kappa shape index (κ1) is 14.6. The lowest BCUT2D eigenvalue weighted by Crippen LogP contribution is -2.26.